The van der Waals surface area contributed by atoms with Crippen molar-refractivity contribution < 1.29 is 19.1 Å². The molecule has 0 amide bonds. The maximum absolute atomic E-state index is 12.8. The number of nitrogens with zero attached hydrogens (tertiary/aromatic N) is 1. The van der Waals surface area contributed by atoms with E-state index in [0.717, 1.165) is 11.1 Å². The summed E-state index contributed by atoms with van der Waals surface area (Å²) in [7, 11) is 1.33. The average molecular weight is 369 g/mol. The first kappa shape index (κ1) is 20.6. The average Bonchev–Trinajstić information content (AvgIpc) is 2.69. The molecule has 0 saturated heterocycles. The summed E-state index contributed by atoms with van der Waals surface area (Å²) in [5, 5.41) is 0. The summed E-state index contributed by atoms with van der Waals surface area (Å²) in [5.41, 5.74) is 2.11. The molecular weight excluding hydrogens is 342 g/mol. The van der Waals surface area contributed by atoms with E-state index in [1.165, 1.54) is 7.11 Å². The molecule has 0 bridgehead atoms. The molecule has 0 heterocycles. The van der Waals surface area contributed by atoms with Crippen LogP contribution in [0, 0.1) is 5.92 Å². The number of hydrogen-bond donors (Lipinski definition) is 0. The Hall–Kier alpha value is -2.66. The number of benzene rings is 2. The standard InChI is InChI=1S/C22H27NO4/c1-4-27-22(25)20(17(2)21(24)26-3)23(15-18-11-7-5-8-12-18)16-19-13-9-6-10-14-19/h5-14,17,20H,4,15-16H2,1-3H3/t17-,20+/m1/s1. The van der Waals surface area contributed by atoms with E-state index in [0.29, 0.717) is 13.1 Å². The van der Waals surface area contributed by atoms with Gasteiger partial charge < -0.3 is 9.47 Å². The molecule has 2 atom stereocenters. The SMILES string of the molecule is CCOC(=O)[C@H]([C@@H](C)C(=O)OC)N(Cc1ccccc1)Cc1ccccc1. The van der Waals surface area contributed by atoms with Gasteiger partial charge in [0.1, 0.15) is 6.04 Å². The molecule has 0 unspecified atom stereocenters. The minimum atomic E-state index is -0.738. The van der Waals surface area contributed by atoms with Crippen molar-refractivity contribution in [2.75, 3.05) is 13.7 Å². The third kappa shape index (κ3) is 5.93. The Morgan fingerprint density at radius 3 is 1.78 bits per heavy atom. The first-order valence-corrected chi connectivity index (χ1v) is 9.13. The molecule has 0 aliphatic rings. The van der Waals surface area contributed by atoms with Crippen LogP contribution in [-0.4, -0.2) is 36.6 Å². The van der Waals surface area contributed by atoms with E-state index < -0.39 is 23.9 Å². The zero-order valence-electron chi connectivity index (χ0n) is 16.1. The summed E-state index contributed by atoms with van der Waals surface area (Å²) in [6.07, 6.45) is 0. The van der Waals surface area contributed by atoms with Crippen LogP contribution in [0.1, 0.15) is 25.0 Å². The summed E-state index contributed by atoms with van der Waals surface area (Å²) in [5.74, 6) is -1.50. The van der Waals surface area contributed by atoms with Crippen LogP contribution < -0.4 is 0 Å². The van der Waals surface area contributed by atoms with Gasteiger partial charge in [0, 0.05) is 13.1 Å². The molecule has 0 radical (unpaired) electrons. The fourth-order valence-electron chi connectivity index (χ4n) is 3.10. The van der Waals surface area contributed by atoms with Crippen LogP contribution in [0.4, 0.5) is 0 Å². The molecule has 0 aromatic heterocycles. The third-order valence-corrected chi connectivity index (χ3v) is 4.43. The lowest BCUT2D eigenvalue weighted by Crippen LogP contribution is -2.48. The first-order valence-electron chi connectivity index (χ1n) is 9.13. The Balaban J connectivity index is 2.37. The lowest BCUT2D eigenvalue weighted by atomic mass is 9.98. The number of carbonyl (C=O) groups excluding carboxylic acids is 2. The van der Waals surface area contributed by atoms with Gasteiger partial charge in [-0.1, -0.05) is 60.7 Å². The third-order valence-electron chi connectivity index (χ3n) is 4.43. The van der Waals surface area contributed by atoms with Gasteiger partial charge in [-0.05, 0) is 25.0 Å². The van der Waals surface area contributed by atoms with Crippen molar-refractivity contribution in [1.29, 1.82) is 0 Å². The Labute approximate surface area is 160 Å². The van der Waals surface area contributed by atoms with Gasteiger partial charge in [-0.3, -0.25) is 14.5 Å². The highest BCUT2D eigenvalue weighted by Crippen LogP contribution is 2.21. The maximum atomic E-state index is 12.8. The summed E-state index contributed by atoms with van der Waals surface area (Å²) in [6, 6.07) is 19.0. The monoisotopic (exact) mass is 369 g/mol. The van der Waals surface area contributed by atoms with Crippen LogP contribution in [0.5, 0.6) is 0 Å². The van der Waals surface area contributed by atoms with E-state index >= 15 is 0 Å². The summed E-state index contributed by atoms with van der Waals surface area (Å²) in [6.45, 7) is 4.75. The van der Waals surface area contributed by atoms with Gasteiger partial charge in [-0.2, -0.15) is 0 Å². The normalized spacial score (nSPS) is 13.0. The van der Waals surface area contributed by atoms with Gasteiger partial charge in [0.15, 0.2) is 0 Å². The van der Waals surface area contributed by atoms with E-state index in [4.69, 9.17) is 9.47 Å². The van der Waals surface area contributed by atoms with Crippen molar-refractivity contribution in [1.82, 2.24) is 4.90 Å². The smallest absolute Gasteiger partial charge is 0.324 e. The van der Waals surface area contributed by atoms with Crippen LogP contribution in [0.3, 0.4) is 0 Å². The molecule has 0 spiro atoms. The Morgan fingerprint density at radius 2 is 1.37 bits per heavy atom. The zero-order chi connectivity index (χ0) is 19.6. The second-order valence-corrected chi connectivity index (χ2v) is 6.38. The lowest BCUT2D eigenvalue weighted by Gasteiger charge is -2.33. The molecule has 0 aliphatic carbocycles. The highest BCUT2D eigenvalue weighted by atomic mass is 16.5. The molecule has 5 nitrogen and oxygen atoms in total. The van der Waals surface area contributed by atoms with Gasteiger partial charge in [0.2, 0.25) is 0 Å². The van der Waals surface area contributed by atoms with E-state index in [-0.39, 0.29) is 6.61 Å². The summed E-state index contributed by atoms with van der Waals surface area (Å²) < 4.78 is 10.2. The second-order valence-electron chi connectivity index (χ2n) is 6.38. The van der Waals surface area contributed by atoms with Crippen LogP contribution in [0.2, 0.25) is 0 Å². The molecule has 2 rings (SSSR count). The minimum Gasteiger partial charge on any atom is -0.469 e. The molecule has 0 fully saturated rings. The molecule has 2 aromatic carbocycles. The van der Waals surface area contributed by atoms with Crippen molar-refractivity contribution >= 4 is 11.9 Å². The molecular formula is C22H27NO4. The highest BCUT2D eigenvalue weighted by molar-refractivity contribution is 5.84. The largest absolute Gasteiger partial charge is 0.469 e. The van der Waals surface area contributed by atoms with Crippen molar-refractivity contribution in [3.8, 4) is 0 Å². The molecule has 5 heteroatoms. The predicted molar refractivity (Wildman–Crippen MR) is 104 cm³/mol. The second kappa shape index (κ2) is 10.5. The quantitative estimate of drug-likeness (QED) is 0.634. The Kier molecular flexibility index (Phi) is 8.01. The van der Waals surface area contributed by atoms with Gasteiger partial charge >= 0.3 is 11.9 Å². The molecule has 0 aliphatic heterocycles. The van der Waals surface area contributed by atoms with Crippen LogP contribution in [-0.2, 0) is 32.2 Å². The molecule has 144 valence electrons. The van der Waals surface area contributed by atoms with Crippen molar-refractivity contribution in [3.05, 3.63) is 71.8 Å². The summed E-state index contributed by atoms with van der Waals surface area (Å²) in [4.78, 5) is 26.9. The number of rotatable bonds is 9. The lowest BCUT2D eigenvalue weighted by molar-refractivity contribution is -0.160. The summed E-state index contributed by atoms with van der Waals surface area (Å²) >= 11 is 0. The number of hydrogen-bond acceptors (Lipinski definition) is 5. The van der Waals surface area contributed by atoms with Gasteiger partial charge in [0.25, 0.3) is 0 Å². The van der Waals surface area contributed by atoms with Gasteiger partial charge in [0.05, 0.1) is 19.6 Å². The Morgan fingerprint density at radius 1 is 0.889 bits per heavy atom. The highest BCUT2D eigenvalue weighted by Gasteiger charge is 2.37. The first-order chi connectivity index (χ1) is 13.1. The van der Waals surface area contributed by atoms with E-state index in [1.54, 1.807) is 13.8 Å². The van der Waals surface area contributed by atoms with Crippen LogP contribution in [0.15, 0.2) is 60.7 Å². The maximum Gasteiger partial charge on any atom is 0.324 e. The van der Waals surface area contributed by atoms with Crippen LogP contribution >= 0.6 is 0 Å². The topological polar surface area (TPSA) is 55.8 Å². The fourth-order valence-corrected chi connectivity index (χ4v) is 3.10. The zero-order valence-corrected chi connectivity index (χ0v) is 16.1. The molecule has 0 N–H and O–H groups in total. The molecule has 2 aromatic rings. The number of methoxy groups -OCH3 is 1. The number of ether oxygens (including phenoxy) is 2. The minimum absolute atomic E-state index is 0.258. The Bertz CT molecular complexity index is 676. The number of esters is 2. The van der Waals surface area contributed by atoms with Crippen molar-refractivity contribution in [2.45, 2.75) is 33.0 Å². The fraction of sp³-hybridized carbons (Fsp3) is 0.364. The van der Waals surface area contributed by atoms with E-state index in [9.17, 15) is 9.59 Å². The molecule has 0 saturated carbocycles. The predicted octanol–water partition coefficient (Wildman–Crippen LogP) is 3.43. The van der Waals surface area contributed by atoms with E-state index in [1.807, 2.05) is 65.6 Å². The van der Waals surface area contributed by atoms with Crippen molar-refractivity contribution in [2.24, 2.45) is 5.92 Å². The van der Waals surface area contributed by atoms with Gasteiger partial charge in [-0.25, -0.2) is 0 Å². The van der Waals surface area contributed by atoms with Crippen molar-refractivity contribution in [3.63, 3.8) is 0 Å². The number of carbonyl (C=O) groups is 2. The van der Waals surface area contributed by atoms with Crippen LogP contribution in [0.25, 0.3) is 0 Å². The van der Waals surface area contributed by atoms with E-state index in [2.05, 4.69) is 0 Å². The van der Waals surface area contributed by atoms with Gasteiger partial charge in [-0.15, -0.1) is 0 Å². The molecule has 27 heavy (non-hydrogen) atoms.